The molecule has 60 heavy (non-hydrogen) atoms. The molecule has 1 aliphatic rings. The lowest BCUT2D eigenvalue weighted by atomic mass is 9.85. The van der Waals surface area contributed by atoms with Gasteiger partial charge in [0.15, 0.2) is 0 Å². The van der Waals surface area contributed by atoms with Crippen molar-refractivity contribution in [3.8, 4) is 0 Å². The number of hydrazone groups is 2. The third-order valence-electron chi connectivity index (χ3n) is 12.0. The minimum absolute atomic E-state index is 0.295. The monoisotopic (exact) mass is 774 g/mol. The molecule has 0 bridgehead atoms. The fourth-order valence-corrected chi connectivity index (χ4v) is 9.07. The first kappa shape index (κ1) is 35.5. The van der Waals surface area contributed by atoms with E-state index in [1.807, 2.05) is 46.7 Å². The molecule has 2 unspecified atom stereocenters. The van der Waals surface area contributed by atoms with Gasteiger partial charge in [-0.1, -0.05) is 121 Å². The Morgan fingerprint density at radius 2 is 0.667 bits per heavy atom. The number of aromatic nitrogens is 2. The van der Waals surface area contributed by atoms with Crippen LogP contribution in [0, 0.1) is 0 Å². The van der Waals surface area contributed by atoms with Crippen molar-refractivity contribution in [1.82, 2.24) is 9.13 Å². The van der Waals surface area contributed by atoms with Crippen molar-refractivity contribution in [2.24, 2.45) is 10.2 Å². The van der Waals surface area contributed by atoms with E-state index in [0.29, 0.717) is 12.1 Å². The summed E-state index contributed by atoms with van der Waals surface area (Å²) in [5.74, 6) is 0. The van der Waals surface area contributed by atoms with Crippen molar-refractivity contribution in [3.63, 3.8) is 0 Å². The van der Waals surface area contributed by atoms with Crippen LogP contribution in [0.15, 0.2) is 216 Å². The number of hydrogen-bond donors (Lipinski definition) is 0. The largest absolute Gasteiger partial charge is 0.335 e. The molecule has 1 aliphatic carbocycles. The van der Waals surface area contributed by atoms with Crippen LogP contribution in [-0.4, -0.2) is 21.6 Å². The van der Waals surface area contributed by atoms with Crippen LogP contribution in [0.2, 0.25) is 0 Å². The molecule has 0 amide bonds. The molecule has 2 heterocycles. The van der Waals surface area contributed by atoms with Gasteiger partial charge in [0, 0.05) is 43.6 Å². The Bertz CT molecular complexity index is 2870. The number of fused-ring (bicyclic) bond motifs is 6. The second kappa shape index (κ2) is 15.2. The summed E-state index contributed by atoms with van der Waals surface area (Å²) in [6.07, 6.45) is 6.18. The minimum Gasteiger partial charge on any atom is -0.335 e. The normalized spacial score (nSPS) is 15.4. The number of benzene rings is 8. The molecule has 8 aromatic carbocycles. The van der Waals surface area contributed by atoms with Gasteiger partial charge in [0.1, 0.15) is 0 Å². The van der Waals surface area contributed by atoms with Crippen LogP contribution < -0.4 is 10.0 Å². The molecule has 1 fully saturated rings. The van der Waals surface area contributed by atoms with E-state index in [4.69, 9.17) is 10.2 Å². The molecule has 6 heteroatoms. The van der Waals surface area contributed by atoms with E-state index >= 15 is 0 Å². The van der Waals surface area contributed by atoms with Crippen LogP contribution in [0.3, 0.4) is 0 Å². The maximum Gasteiger partial charge on any atom is 0.0652 e. The molecule has 10 aromatic rings. The van der Waals surface area contributed by atoms with Crippen molar-refractivity contribution in [2.45, 2.75) is 24.9 Å². The van der Waals surface area contributed by atoms with Gasteiger partial charge < -0.3 is 9.13 Å². The number of hydrogen-bond acceptors (Lipinski definition) is 4. The quantitative estimate of drug-likeness (QED) is 0.103. The molecule has 2 atom stereocenters. The Balaban J connectivity index is 0.958. The SMILES string of the molecule is C(=N\N(c1ccccc1)c1ccccc1)/c1ccc2c(c1)c1ccccc1n2C1CCC1n1c2ccccc2c2cc(/C=N/N(c3ccccc3)c3ccccc3)ccc21. The van der Waals surface area contributed by atoms with Gasteiger partial charge in [0.05, 0.1) is 47.3 Å². The average Bonchev–Trinajstić information content (AvgIpc) is 3.79. The van der Waals surface area contributed by atoms with Gasteiger partial charge >= 0.3 is 0 Å². The summed E-state index contributed by atoms with van der Waals surface area (Å²) in [6, 6.07) is 73.3. The Labute approximate surface area is 349 Å². The van der Waals surface area contributed by atoms with E-state index in [2.05, 4.69) is 191 Å². The third-order valence-corrected chi connectivity index (χ3v) is 12.0. The Hall–Kier alpha value is -7.70. The van der Waals surface area contributed by atoms with Crippen molar-refractivity contribution in [1.29, 1.82) is 0 Å². The van der Waals surface area contributed by atoms with Crippen LogP contribution in [0.1, 0.15) is 36.1 Å². The van der Waals surface area contributed by atoms with E-state index in [-0.39, 0.29) is 0 Å². The highest BCUT2D eigenvalue weighted by Gasteiger charge is 2.37. The van der Waals surface area contributed by atoms with Gasteiger partial charge in [-0.2, -0.15) is 10.2 Å². The number of rotatable bonds is 10. The fraction of sp³-hybridized carbons (Fsp3) is 0.0741. The highest BCUT2D eigenvalue weighted by atomic mass is 15.5. The predicted molar refractivity (Wildman–Crippen MR) is 251 cm³/mol. The maximum atomic E-state index is 5.04. The molecule has 0 aliphatic heterocycles. The lowest BCUT2D eigenvalue weighted by Crippen LogP contribution is -2.31. The Morgan fingerprint density at radius 3 is 1.02 bits per heavy atom. The van der Waals surface area contributed by atoms with E-state index in [9.17, 15) is 0 Å². The molecule has 11 rings (SSSR count). The molecule has 2 aromatic heterocycles. The lowest BCUT2D eigenvalue weighted by molar-refractivity contribution is 0.205. The van der Waals surface area contributed by atoms with Crippen LogP contribution in [0.25, 0.3) is 43.6 Å². The van der Waals surface area contributed by atoms with Crippen LogP contribution in [-0.2, 0) is 0 Å². The topological polar surface area (TPSA) is 41.1 Å². The minimum atomic E-state index is 0.295. The van der Waals surface area contributed by atoms with Gasteiger partial charge in [0.2, 0.25) is 0 Å². The predicted octanol–water partition coefficient (Wildman–Crippen LogP) is 13.8. The first-order valence-corrected chi connectivity index (χ1v) is 20.7. The summed E-state index contributed by atoms with van der Waals surface area (Å²) in [4.78, 5) is 0. The molecule has 0 N–H and O–H groups in total. The van der Waals surface area contributed by atoms with Gasteiger partial charge in [-0.3, -0.25) is 0 Å². The molecular formula is C54H42N6. The van der Waals surface area contributed by atoms with Crippen molar-refractivity contribution in [3.05, 3.63) is 217 Å². The fourth-order valence-electron chi connectivity index (χ4n) is 9.07. The van der Waals surface area contributed by atoms with Crippen molar-refractivity contribution >= 4 is 78.8 Å². The van der Waals surface area contributed by atoms with Crippen LogP contribution >= 0.6 is 0 Å². The summed E-state index contributed by atoms with van der Waals surface area (Å²) >= 11 is 0. The standard InChI is InChI=1S/C54H42N6/c1-5-17-41(18-6-1)59(42-19-7-2-8-20-42)55-37-39-29-31-51-47(35-39)45-25-13-15-27-49(45)57(51)53-33-34-54(53)58-50-28-16-14-26-46(50)48-36-40(30-32-52(48)58)38-56-60(43-21-9-3-10-22-43)44-23-11-4-12-24-44/h1-32,35-38,53-54H,33-34H2/b55-37+,56-38+. The second-order valence-corrected chi connectivity index (χ2v) is 15.5. The van der Waals surface area contributed by atoms with Gasteiger partial charge in [-0.15, -0.1) is 0 Å². The summed E-state index contributed by atoms with van der Waals surface area (Å²) in [5, 5.41) is 19.1. The first-order valence-electron chi connectivity index (χ1n) is 20.7. The Kier molecular flexibility index (Phi) is 9.00. The van der Waals surface area contributed by atoms with E-state index in [1.165, 1.54) is 43.6 Å². The summed E-state index contributed by atoms with van der Waals surface area (Å²) in [5.41, 5.74) is 11.2. The van der Waals surface area contributed by atoms with Gasteiger partial charge in [0.25, 0.3) is 0 Å². The van der Waals surface area contributed by atoms with E-state index < -0.39 is 0 Å². The van der Waals surface area contributed by atoms with Crippen molar-refractivity contribution in [2.75, 3.05) is 10.0 Å². The van der Waals surface area contributed by atoms with Crippen LogP contribution in [0.5, 0.6) is 0 Å². The smallest absolute Gasteiger partial charge is 0.0652 e. The maximum absolute atomic E-state index is 5.04. The van der Waals surface area contributed by atoms with E-state index in [0.717, 1.165) is 46.7 Å². The molecule has 1 saturated carbocycles. The van der Waals surface area contributed by atoms with Gasteiger partial charge in [-0.25, -0.2) is 10.0 Å². The summed E-state index contributed by atoms with van der Waals surface area (Å²) < 4.78 is 5.23. The van der Waals surface area contributed by atoms with Gasteiger partial charge in [-0.05, 0) is 109 Å². The highest BCUT2D eigenvalue weighted by Crippen LogP contribution is 2.50. The number of para-hydroxylation sites is 6. The molecular weight excluding hydrogens is 733 g/mol. The zero-order valence-corrected chi connectivity index (χ0v) is 33.0. The number of nitrogens with zero attached hydrogens (tertiary/aromatic N) is 6. The molecule has 0 spiro atoms. The first-order chi connectivity index (χ1) is 29.8. The number of anilines is 4. The lowest BCUT2D eigenvalue weighted by Gasteiger charge is -2.40. The molecule has 288 valence electrons. The zero-order chi connectivity index (χ0) is 39.8. The molecule has 0 saturated heterocycles. The highest BCUT2D eigenvalue weighted by molar-refractivity contribution is 6.11. The summed E-state index contributed by atoms with van der Waals surface area (Å²) in [6.45, 7) is 0. The van der Waals surface area contributed by atoms with Crippen LogP contribution in [0.4, 0.5) is 22.7 Å². The third kappa shape index (κ3) is 6.30. The molecule has 6 nitrogen and oxygen atoms in total. The van der Waals surface area contributed by atoms with Crippen molar-refractivity contribution < 1.29 is 0 Å². The average molecular weight is 775 g/mol. The Morgan fingerprint density at radius 1 is 0.350 bits per heavy atom. The zero-order valence-electron chi connectivity index (χ0n) is 33.0. The molecule has 0 radical (unpaired) electrons. The van der Waals surface area contributed by atoms with E-state index in [1.54, 1.807) is 0 Å². The second-order valence-electron chi connectivity index (χ2n) is 15.5. The summed E-state index contributed by atoms with van der Waals surface area (Å²) in [7, 11) is 0.